The number of allylic oxidation sites excluding steroid dienone is 1. The van der Waals surface area contributed by atoms with Crippen molar-refractivity contribution in [2.75, 3.05) is 18.1 Å². The summed E-state index contributed by atoms with van der Waals surface area (Å²) < 4.78 is 12.8. The molecule has 254 valence electrons. The van der Waals surface area contributed by atoms with Crippen LogP contribution >= 0.6 is 0 Å². The molecule has 0 radical (unpaired) electrons. The van der Waals surface area contributed by atoms with E-state index in [1.807, 2.05) is 74.5 Å². The number of fused-ring (bicyclic) bond motifs is 3. The van der Waals surface area contributed by atoms with Gasteiger partial charge < -0.3 is 24.6 Å². The number of carbonyl (C=O) groups is 2. The SMILES string of the molecule is Cc1cc(/C=C(/CC[C@H]2OC[C@H]3C2=C(COc2ccccc2)C[C@H]2C(=O)N(c4cccc(B(O)O)c4)C(=O)[C@H]23)c2ccccc2)cc(C)c1O. The third-order valence-corrected chi connectivity index (χ3v) is 10.3. The van der Waals surface area contributed by atoms with E-state index in [9.17, 15) is 24.7 Å². The van der Waals surface area contributed by atoms with Gasteiger partial charge >= 0.3 is 7.12 Å². The van der Waals surface area contributed by atoms with Gasteiger partial charge in [-0.15, -0.1) is 0 Å². The number of ether oxygens (including phenoxy) is 2. The molecule has 9 heteroatoms. The van der Waals surface area contributed by atoms with Crippen molar-refractivity contribution >= 4 is 41.7 Å². The number of phenolic OH excluding ortho intramolecular Hbond substituents is 1. The van der Waals surface area contributed by atoms with E-state index in [0.29, 0.717) is 37.3 Å². The van der Waals surface area contributed by atoms with E-state index in [1.54, 1.807) is 18.2 Å². The average molecular weight is 670 g/mol. The molecule has 4 aromatic rings. The Morgan fingerprint density at radius 3 is 2.30 bits per heavy atom. The van der Waals surface area contributed by atoms with Crippen molar-refractivity contribution < 1.29 is 34.2 Å². The first kappa shape index (κ1) is 33.5. The van der Waals surface area contributed by atoms with Crippen molar-refractivity contribution in [3.05, 3.63) is 130 Å². The van der Waals surface area contributed by atoms with Gasteiger partial charge in [0.1, 0.15) is 18.1 Å². The summed E-state index contributed by atoms with van der Waals surface area (Å²) in [6.07, 6.45) is 3.63. The summed E-state index contributed by atoms with van der Waals surface area (Å²) in [6.45, 7) is 4.40. The van der Waals surface area contributed by atoms with E-state index in [-0.39, 0.29) is 35.9 Å². The van der Waals surface area contributed by atoms with Gasteiger partial charge in [-0.25, -0.2) is 0 Å². The molecule has 4 atom stereocenters. The van der Waals surface area contributed by atoms with Crippen LogP contribution in [0.2, 0.25) is 0 Å². The monoisotopic (exact) mass is 669 g/mol. The van der Waals surface area contributed by atoms with Gasteiger partial charge in [0.2, 0.25) is 11.8 Å². The number of anilines is 1. The molecule has 0 unspecified atom stereocenters. The van der Waals surface area contributed by atoms with Gasteiger partial charge in [-0.1, -0.05) is 66.7 Å². The number of aryl methyl sites for hydroxylation is 2. The molecule has 0 saturated carbocycles. The molecule has 2 saturated heterocycles. The van der Waals surface area contributed by atoms with E-state index >= 15 is 0 Å². The van der Waals surface area contributed by atoms with Crippen LogP contribution in [-0.2, 0) is 14.3 Å². The standard InChI is InChI=1S/C41H40BNO7/c1-25-18-27(19-26(2)39(25)44)20-29(28-10-5-3-6-11-28)16-17-36-37-30(23-49-33-14-7-4-8-15-33)21-34-38(35(37)24-50-36)41(46)43(40(34)45)32-13-9-12-31(22-32)42(47)48/h3-15,18-20,22,34-36,38,44,47-48H,16-17,21,23-24H2,1-2H3/b29-20-/t34-,35+,36-,38-/m1/s1. The number of hydrogen-bond donors (Lipinski definition) is 3. The second kappa shape index (κ2) is 14.1. The third-order valence-electron chi connectivity index (χ3n) is 10.3. The number of nitrogens with zero attached hydrogens (tertiary/aromatic N) is 1. The molecule has 3 N–H and O–H groups in total. The zero-order chi connectivity index (χ0) is 34.9. The van der Waals surface area contributed by atoms with Crippen LogP contribution in [-0.4, -0.2) is 53.4 Å². The highest BCUT2D eigenvalue weighted by molar-refractivity contribution is 6.58. The number of benzene rings is 4. The fraction of sp³-hybridized carbons (Fsp3) is 0.268. The van der Waals surface area contributed by atoms with Gasteiger partial charge in [0, 0.05) is 5.92 Å². The lowest BCUT2D eigenvalue weighted by Crippen LogP contribution is -2.36. The van der Waals surface area contributed by atoms with Crippen molar-refractivity contribution in [1.82, 2.24) is 0 Å². The molecule has 0 spiro atoms. The van der Waals surface area contributed by atoms with Crippen molar-refractivity contribution in [2.45, 2.75) is 39.2 Å². The minimum atomic E-state index is -1.72. The number of rotatable bonds is 10. The molecule has 0 bridgehead atoms. The lowest BCUT2D eigenvalue weighted by molar-refractivity contribution is -0.122. The predicted octanol–water partition coefficient (Wildman–Crippen LogP) is 5.61. The number of phenols is 1. The van der Waals surface area contributed by atoms with Crippen LogP contribution in [0, 0.1) is 31.6 Å². The van der Waals surface area contributed by atoms with Gasteiger partial charge in [-0.3, -0.25) is 14.5 Å². The van der Waals surface area contributed by atoms with Gasteiger partial charge in [0.05, 0.1) is 30.2 Å². The maximum absolute atomic E-state index is 14.1. The molecule has 50 heavy (non-hydrogen) atoms. The van der Waals surface area contributed by atoms with E-state index in [1.165, 1.54) is 11.0 Å². The molecule has 8 nitrogen and oxygen atoms in total. The Kier molecular flexibility index (Phi) is 9.47. The highest BCUT2D eigenvalue weighted by Crippen LogP contribution is 2.51. The van der Waals surface area contributed by atoms with Crippen molar-refractivity contribution in [1.29, 1.82) is 0 Å². The first-order valence-electron chi connectivity index (χ1n) is 17.1. The van der Waals surface area contributed by atoms with E-state index < -0.39 is 19.0 Å². The summed E-state index contributed by atoms with van der Waals surface area (Å²) in [6, 6.07) is 30.0. The van der Waals surface area contributed by atoms with Crippen LogP contribution in [0.1, 0.15) is 41.5 Å². The molecular weight excluding hydrogens is 629 g/mol. The lowest BCUT2D eigenvalue weighted by atomic mass is 9.69. The highest BCUT2D eigenvalue weighted by Gasteiger charge is 2.57. The number of carbonyl (C=O) groups excluding carboxylic acids is 2. The van der Waals surface area contributed by atoms with Crippen molar-refractivity contribution in [3.8, 4) is 11.5 Å². The molecule has 0 aromatic heterocycles. The first-order valence-corrected chi connectivity index (χ1v) is 17.1. The fourth-order valence-electron chi connectivity index (χ4n) is 7.88. The summed E-state index contributed by atoms with van der Waals surface area (Å²) in [5.41, 5.74) is 7.44. The van der Waals surface area contributed by atoms with Gasteiger partial charge in [0.15, 0.2) is 0 Å². The fourth-order valence-corrected chi connectivity index (χ4v) is 7.88. The van der Waals surface area contributed by atoms with Gasteiger partial charge in [0.25, 0.3) is 0 Å². The molecule has 4 aromatic carbocycles. The summed E-state index contributed by atoms with van der Waals surface area (Å²) in [5, 5.41) is 29.9. The predicted molar refractivity (Wildman–Crippen MR) is 194 cm³/mol. The molecule has 3 aliphatic rings. The summed E-state index contributed by atoms with van der Waals surface area (Å²) in [7, 11) is -1.72. The van der Waals surface area contributed by atoms with E-state index in [0.717, 1.165) is 44.7 Å². The van der Waals surface area contributed by atoms with Crippen LogP contribution in [0.25, 0.3) is 11.6 Å². The summed E-state index contributed by atoms with van der Waals surface area (Å²) in [4.78, 5) is 29.3. The number of aromatic hydroxyl groups is 1. The Hall–Kier alpha value is -4.96. The highest BCUT2D eigenvalue weighted by atomic mass is 16.5. The van der Waals surface area contributed by atoms with Crippen LogP contribution in [0.3, 0.4) is 0 Å². The maximum Gasteiger partial charge on any atom is 0.488 e. The largest absolute Gasteiger partial charge is 0.507 e. The van der Waals surface area contributed by atoms with Crippen LogP contribution in [0.5, 0.6) is 11.5 Å². The molecule has 7 rings (SSSR count). The Morgan fingerprint density at radius 2 is 1.60 bits per heavy atom. The third kappa shape index (κ3) is 6.52. The lowest BCUT2D eigenvalue weighted by Gasteiger charge is -2.31. The summed E-state index contributed by atoms with van der Waals surface area (Å²) in [5.74, 6) is -1.00. The normalized spacial score (nSPS) is 21.8. The maximum atomic E-state index is 14.1. The second-order valence-electron chi connectivity index (χ2n) is 13.5. The first-order chi connectivity index (χ1) is 24.2. The minimum absolute atomic E-state index is 0.206. The Labute approximate surface area is 292 Å². The van der Waals surface area contributed by atoms with Crippen LogP contribution in [0.15, 0.2) is 108 Å². The number of hydrogen-bond acceptors (Lipinski definition) is 7. The Balaban J connectivity index is 1.21. The zero-order valence-electron chi connectivity index (χ0n) is 28.2. The minimum Gasteiger partial charge on any atom is -0.507 e. The van der Waals surface area contributed by atoms with Crippen molar-refractivity contribution in [2.24, 2.45) is 17.8 Å². The van der Waals surface area contributed by atoms with Crippen molar-refractivity contribution in [3.63, 3.8) is 0 Å². The smallest absolute Gasteiger partial charge is 0.488 e. The molecule has 2 fully saturated rings. The van der Waals surface area contributed by atoms with E-state index in [2.05, 4.69) is 18.2 Å². The van der Waals surface area contributed by atoms with Crippen LogP contribution < -0.4 is 15.1 Å². The topological polar surface area (TPSA) is 117 Å². The van der Waals surface area contributed by atoms with E-state index in [4.69, 9.17) is 9.47 Å². The molecule has 2 heterocycles. The number of amides is 2. The Bertz CT molecular complexity index is 1950. The second-order valence-corrected chi connectivity index (χ2v) is 13.5. The molecule has 2 amide bonds. The Morgan fingerprint density at radius 1 is 0.900 bits per heavy atom. The zero-order valence-corrected chi connectivity index (χ0v) is 28.2. The quantitative estimate of drug-likeness (QED) is 0.0871. The van der Waals surface area contributed by atoms with Gasteiger partial charge in [-0.2, -0.15) is 0 Å². The molecule has 1 aliphatic carbocycles. The molecule has 2 aliphatic heterocycles. The summed E-state index contributed by atoms with van der Waals surface area (Å²) >= 11 is 0. The number of para-hydroxylation sites is 1. The van der Waals surface area contributed by atoms with Gasteiger partial charge in [-0.05, 0) is 114 Å². The molecular formula is C41H40BNO7. The average Bonchev–Trinajstić information content (AvgIpc) is 3.66. The van der Waals surface area contributed by atoms with Crippen LogP contribution in [0.4, 0.5) is 5.69 Å². The number of imide groups is 1.